The van der Waals surface area contributed by atoms with Gasteiger partial charge in [-0.1, -0.05) is 12.1 Å². The predicted molar refractivity (Wildman–Crippen MR) is 106 cm³/mol. The minimum atomic E-state index is 0.403. The zero-order chi connectivity index (χ0) is 17.9. The summed E-state index contributed by atoms with van der Waals surface area (Å²) >= 11 is 0. The Balaban J connectivity index is 1.27. The van der Waals surface area contributed by atoms with Crippen LogP contribution in [-0.2, 0) is 17.8 Å². The summed E-state index contributed by atoms with van der Waals surface area (Å²) in [5.74, 6) is 0.997. The van der Waals surface area contributed by atoms with Crippen molar-refractivity contribution in [3.05, 3.63) is 29.3 Å². The lowest BCUT2D eigenvalue weighted by molar-refractivity contribution is -0.131. The SMILES string of the molecule is CN1CCCc2cc(CN3CCC(CC(=O)N4CCCC4)CC3)ccc21. The molecule has 3 heterocycles. The van der Waals surface area contributed by atoms with E-state index in [1.54, 1.807) is 0 Å². The van der Waals surface area contributed by atoms with Gasteiger partial charge in [0.2, 0.25) is 5.91 Å². The highest BCUT2D eigenvalue weighted by molar-refractivity contribution is 5.76. The van der Waals surface area contributed by atoms with Crippen LogP contribution in [-0.4, -0.2) is 55.5 Å². The van der Waals surface area contributed by atoms with Crippen molar-refractivity contribution < 1.29 is 4.79 Å². The number of rotatable bonds is 4. The van der Waals surface area contributed by atoms with Crippen LogP contribution < -0.4 is 4.90 Å². The smallest absolute Gasteiger partial charge is 0.222 e. The molecule has 1 aromatic rings. The highest BCUT2D eigenvalue weighted by Crippen LogP contribution is 2.28. The first-order valence-electron chi connectivity index (χ1n) is 10.5. The van der Waals surface area contributed by atoms with Gasteiger partial charge >= 0.3 is 0 Å². The lowest BCUT2D eigenvalue weighted by Gasteiger charge is -2.33. The monoisotopic (exact) mass is 355 g/mol. The third-order valence-electron chi connectivity index (χ3n) is 6.53. The summed E-state index contributed by atoms with van der Waals surface area (Å²) < 4.78 is 0. The van der Waals surface area contributed by atoms with Crippen LogP contribution in [0.2, 0.25) is 0 Å². The molecule has 142 valence electrons. The van der Waals surface area contributed by atoms with Gasteiger partial charge in [0.15, 0.2) is 0 Å². The van der Waals surface area contributed by atoms with Crippen LogP contribution in [0.5, 0.6) is 0 Å². The van der Waals surface area contributed by atoms with Crippen molar-refractivity contribution in [3.8, 4) is 0 Å². The van der Waals surface area contributed by atoms with Crippen LogP contribution in [0.25, 0.3) is 0 Å². The summed E-state index contributed by atoms with van der Waals surface area (Å²) in [5, 5.41) is 0. The number of anilines is 1. The summed E-state index contributed by atoms with van der Waals surface area (Å²) in [4.78, 5) is 19.4. The lowest BCUT2D eigenvalue weighted by Crippen LogP contribution is -2.36. The number of amides is 1. The molecule has 0 aromatic heterocycles. The first-order valence-corrected chi connectivity index (χ1v) is 10.5. The zero-order valence-corrected chi connectivity index (χ0v) is 16.3. The number of nitrogens with zero attached hydrogens (tertiary/aromatic N) is 3. The van der Waals surface area contributed by atoms with Gasteiger partial charge in [-0.3, -0.25) is 9.69 Å². The Bertz CT molecular complexity index is 630. The first kappa shape index (κ1) is 17.8. The summed E-state index contributed by atoms with van der Waals surface area (Å²) in [6.07, 6.45) is 8.00. The number of fused-ring (bicyclic) bond motifs is 1. The number of likely N-dealkylation sites (tertiary alicyclic amines) is 2. The van der Waals surface area contributed by atoms with E-state index >= 15 is 0 Å². The molecule has 4 nitrogen and oxygen atoms in total. The van der Waals surface area contributed by atoms with Crippen LogP contribution in [0.1, 0.15) is 49.7 Å². The molecule has 0 radical (unpaired) electrons. The van der Waals surface area contributed by atoms with Crippen molar-refractivity contribution >= 4 is 11.6 Å². The lowest BCUT2D eigenvalue weighted by atomic mass is 9.92. The number of hydrogen-bond acceptors (Lipinski definition) is 3. The molecule has 0 atom stereocenters. The summed E-state index contributed by atoms with van der Waals surface area (Å²) in [6, 6.07) is 7.04. The van der Waals surface area contributed by atoms with E-state index in [1.807, 2.05) is 0 Å². The number of benzene rings is 1. The number of carbonyl (C=O) groups is 1. The van der Waals surface area contributed by atoms with E-state index < -0.39 is 0 Å². The molecular weight excluding hydrogens is 322 g/mol. The van der Waals surface area contributed by atoms with Crippen LogP contribution >= 0.6 is 0 Å². The Morgan fingerprint density at radius 3 is 2.58 bits per heavy atom. The molecule has 0 spiro atoms. The molecule has 2 fully saturated rings. The maximum Gasteiger partial charge on any atom is 0.222 e. The Hall–Kier alpha value is -1.55. The van der Waals surface area contributed by atoms with Crippen LogP contribution in [0.15, 0.2) is 18.2 Å². The van der Waals surface area contributed by atoms with Gasteiger partial charge in [-0.05, 0) is 74.7 Å². The number of piperidine rings is 1. The largest absolute Gasteiger partial charge is 0.374 e. The van der Waals surface area contributed by atoms with E-state index in [9.17, 15) is 4.79 Å². The third kappa shape index (κ3) is 4.06. The fourth-order valence-electron chi connectivity index (χ4n) is 4.89. The predicted octanol–water partition coefficient (Wildman–Crippen LogP) is 3.29. The van der Waals surface area contributed by atoms with Crippen LogP contribution in [0, 0.1) is 5.92 Å². The average Bonchev–Trinajstić information content (AvgIpc) is 3.18. The maximum atomic E-state index is 12.4. The molecule has 0 bridgehead atoms. The summed E-state index contributed by atoms with van der Waals surface area (Å²) in [6.45, 7) is 6.49. The van der Waals surface area contributed by atoms with Crippen molar-refractivity contribution in [2.24, 2.45) is 5.92 Å². The fraction of sp³-hybridized carbons (Fsp3) is 0.682. The number of aryl methyl sites for hydroxylation is 1. The minimum Gasteiger partial charge on any atom is -0.374 e. The van der Waals surface area contributed by atoms with Gasteiger partial charge in [-0.2, -0.15) is 0 Å². The molecule has 1 amide bonds. The maximum absolute atomic E-state index is 12.4. The van der Waals surface area contributed by atoms with Crippen molar-refractivity contribution in [1.29, 1.82) is 0 Å². The fourth-order valence-corrected chi connectivity index (χ4v) is 4.89. The van der Waals surface area contributed by atoms with Gasteiger partial charge < -0.3 is 9.80 Å². The summed E-state index contributed by atoms with van der Waals surface area (Å²) in [5.41, 5.74) is 4.38. The molecule has 3 aliphatic rings. The van der Waals surface area contributed by atoms with Crippen LogP contribution in [0.4, 0.5) is 5.69 Å². The molecule has 1 aromatic carbocycles. The highest BCUT2D eigenvalue weighted by atomic mass is 16.2. The second kappa shape index (κ2) is 7.99. The quantitative estimate of drug-likeness (QED) is 0.829. The normalized spacial score (nSPS) is 21.9. The van der Waals surface area contributed by atoms with E-state index in [4.69, 9.17) is 0 Å². The number of carbonyl (C=O) groups excluding carboxylic acids is 1. The molecule has 26 heavy (non-hydrogen) atoms. The zero-order valence-electron chi connectivity index (χ0n) is 16.3. The average molecular weight is 356 g/mol. The standard InChI is InChI=1S/C22H33N3O/c1-23-10-4-5-20-15-19(6-7-21(20)23)17-24-13-8-18(9-14-24)16-22(26)25-11-2-3-12-25/h6-7,15,18H,2-5,8-14,16-17H2,1H3. The molecule has 4 heteroatoms. The van der Waals surface area contributed by atoms with Crippen molar-refractivity contribution in [2.45, 2.75) is 51.5 Å². The molecule has 0 aliphatic carbocycles. The van der Waals surface area contributed by atoms with E-state index in [-0.39, 0.29) is 0 Å². The minimum absolute atomic E-state index is 0.403. The third-order valence-corrected chi connectivity index (χ3v) is 6.53. The van der Waals surface area contributed by atoms with E-state index in [0.29, 0.717) is 11.8 Å². The topological polar surface area (TPSA) is 26.8 Å². The van der Waals surface area contributed by atoms with Gasteiger partial charge in [0.25, 0.3) is 0 Å². The Kier molecular flexibility index (Phi) is 5.49. The highest BCUT2D eigenvalue weighted by Gasteiger charge is 2.25. The van der Waals surface area contributed by atoms with Gasteiger partial charge in [-0.15, -0.1) is 0 Å². The molecule has 4 rings (SSSR count). The Morgan fingerprint density at radius 2 is 1.81 bits per heavy atom. The molecule has 3 aliphatic heterocycles. The van der Waals surface area contributed by atoms with Gasteiger partial charge in [0, 0.05) is 45.3 Å². The Labute approximate surface area is 158 Å². The molecule has 0 saturated carbocycles. The van der Waals surface area contributed by atoms with E-state index in [0.717, 1.165) is 39.1 Å². The van der Waals surface area contributed by atoms with Gasteiger partial charge in [-0.25, -0.2) is 0 Å². The molecular formula is C22H33N3O. The van der Waals surface area contributed by atoms with Crippen LogP contribution in [0.3, 0.4) is 0 Å². The van der Waals surface area contributed by atoms with E-state index in [1.165, 1.54) is 61.9 Å². The second-order valence-corrected chi connectivity index (χ2v) is 8.50. The molecule has 2 saturated heterocycles. The van der Waals surface area contributed by atoms with Gasteiger partial charge in [0.05, 0.1) is 0 Å². The summed E-state index contributed by atoms with van der Waals surface area (Å²) in [7, 11) is 2.20. The van der Waals surface area contributed by atoms with E-state index in [2.05, 4.69) is 39.9 Å². The molecule has 0 N–H and O–H groups in total. The van der Waals surface area contributed by atoms with Crippen molar-refractivity contribution in [2.75, 3.05) is 44.7 Å². The van der Waals surface area contributed by atoms with Crippen molar-refractivity contribution in [3.63, 3.8) is 0 Å². The number of hydrogen-bond donors (Lipinski definition) is 0. The second-order valence-electron chi connectivity index (χ2n) is 8.50. The Morgan fingerprint density at radius 1 is 1.04 bits per heavy atom. The first-order chi connectivity index (χ1) is 12.7. The molecule has 0 unspecified atom stereocenters. The van der Waals surface area contributed by atoms with Crippen molar-refractivity contribution in [1.82, 2.24) is 9.80 Å². The van der Waals surface area contributed by atoms with Gasteiger partial charge in [0.1, 0.15) is 0 Å².